The third kappa shape index (κ3) is 3.32. The van der Waals surface area contributed by atoms with Crippen molar-refractivity contribution in [2.45, 2.75) is 38.3 Å². The molecule has 1 saturated heterocycles. The van der Waals surface area contributed by atoms with Gasteiger partial charge in [0.15, 0.2) is 0 Å². The summed E-state index contributed by atoms with van der Waals surface area (Å²) in [5.74, 6) is 0.119. The summed E-state index contributed by atoms with van der Waals surface area (Å²) in [6.45, 7) is 3.09. The molecule has 0 aromatic heterocycles. The number of aliphatic hydroxyl groups excluding tert-OH is 1. The Labute approximate surface area is 78.7 Å². The number of aliphatic hydroxyl groups is 1. The van der Waals surface area contributed by atoms with E-state index in [1.54, 1.807) is 4.90 Å². The summed E-state index contributed by atoms with van der Waals surface area (Å²) in [6.07, 6.45) is 1.62. The van der Waals surface area contributed by atoms with Crippen LogP contribution in [-0.4, -0.2) is 41.1 Å². The lowest BCUT2D eigenvalue weighted by atomic mass is 10.2. The van der Waals surface area contributed by atoms with E-state index in [0.717, 1.165) is 6.42 Å². The molecule has 4 heteroatoms. The van der Waals surface area contributed by atoms with Crippen molar-refractivity contribution in [3.05, 3.63) is 0 Å². The molecular weight excluding hydrogens is 168 g/mol. The first-order chi connectivity index (χ1) is 6.09. The molecule has 0 bridgehead atoms. The van der Waals surface area contributed by atoms with Gasteiger partial charge in [0.05, 0.1) is 6.10 Å². The Bertz CT molecular complexity index is 182. The van der Waals surface area contributed by atoms with Crippen LogP contribution < -0.4 is 5.73 Å². The van der Waals surface area contributed by atoms with Gasteiger partial charge in [-0.05, 0) is 19.8 Å². The van der Waals surface area contributed by atoms with Gasteiger partial charge in [0.25, 0.3) is 0 Å². The smallest absolute Gasteiger partial charge is 0.222 e. The molecule has 1 fully saturated rings. The van der Waals surface area contributed by atoms with Gasteiger partial charge in [0.1, 0.15) is 0 Å². The van der Waals surface area contributed by atoms with E-state index in [1.165, 1.54) is 0 Å². The Morgan fingerprint density at radius 2 is 2.46 bits per heavy atom. The lowest BCUT2D eigenvalue weighted by molar-refractivity contribution is -0.130. The minimum absolute atomic E-state index is 0.0801. The summed E-state index contributed by atoms with van der Waals surface area (Å²) in [6, 6.07) is 0.0801. The van der Waals surface area contributed by atoms with Gasteiger partial charge in [-0.3, -0.25) is 4.79 Å². The number of nitrogens with two attached hydrogens (primary N) is 1. The van der Waals surface area contributed by atoms with E-state index in [0.29, 0.717) is 25.9 Å². The molecule has 13 heavy (non-hydrogen) atoms. The number of rotatable bonds is 3. The van der Waals surface area contributed by atoms with Gasteiger partial charge in [0, 0.05) is 25.6 Å². The monoisotopic (exact) mass is 186 g/mol. The first-order valence-corrected chi connectivity index (χ1v) is 4.81. The normalized spacial score (nSPS) is 24.8. The van der Waals surface area contributed by atoms with Gasteiger partial charge in [-0.2, -0.15) is 0 Å². The average molecular weight is 186 g/mol. The molecule has 1 unspecified atom stereocenters. The summed E-state index contributed by atoms with van der Waals surface area (Å²) < 4.78 is 0. The average Bonchev–Trinajstić information content (AvgIpc) is 2.47. The number of carbonyl (C=O) groups is 1. The number of carbonyl (C=O) groups excluding carboxylic acids is 1. The predicted molar refractivity (Wildman–Crippen MR) is 50.1 cm³/mol. The molecule has 76 valence electrons. The molecular formula is C9H18N2O2. The summed E-state index contributed by atoms with van der Waals surface area (Å²) in [4.78, 5) is 13.2. The standard InChI is InChI=1S/C9H18N2O2/c1-7(10)2-3-9(13)11-5-4-8(12)6-11/h7-8,12H,2-6,10H2,1H3/t7?,8-/m1/s1. The highest BCUT2D eigenvalue weighted by atomic mass is 16.3. The molecule has 0 aromatic rings. The van der Waals surface area contributed by atoms with Crippen LogP contribution in [0.15, 0.2) is 0 Å². The number of amides is 1. The highest BCUT2D eigenvalue weighted by Crippen LogP contribution is 2.11. The van der Waals surface area contributed by atoms with Crippen molar-refractivity contribution >= 4 is 5.91 Å². The van der Waals surface area contributed by atoms with Gasteiger partial charge in [-0.15, -0.1) is 0 Å². The van der Waals surface area contributed by atoms with Crippen LogP contribution in [0.2, 0.25) is 0 Å². The Balaban J connectivity index is 2.24. The van der Waals surface area contributed by atoms with Crippen LogP contribution in [0.1, 0.15) is 26.2 Å². The topological polar surface area (TPSA) is 66.6 Å². The first kappa shape index (κ1) is 10.5. The molecule has 0 radical (unpaired) electrons. The van der Waals surface area contributed by atoms with Gasteiger partial charge in [0.2, 0.25) is 5.91 Å². The fourth-order valence-electron chi connectivity index (χ4n) is 1.48. The Hall–Kier alpha value is -0.610. The molecule has 0 saturated carbocycles. The van der Waals surface area contributed by atoms with Crippen molar-refractivity contribution in [1.82, 2.24) is 4.90 Å². The van der Waals surface area contributed by atoms with E-state index >= 15 is 0 Å². The molecule has 1 amide bonds. The SMILES string of the molecule is CC(N)CCC(=O)N1CC[C@@H](O)C1. The maximum atomic E-state index is 11.5. The van der Waals surface area contributed by atoms with Crippen molar-refractivity contribution in [3.8, 4) is 0 Å². The van der Waals surface area contributed by atoms with Gasteiger partial charge >= 0.3 is 0 Å². The van der Waals surface area contributed by atoms with Crippen LogP contribution in [0.5, 0.6) is 0 Å². The quantitative estimate of drug-likeness (QED) is 0.636. The van der Waals surface area contributed by atoms with Gasteiger partial charge < -0.3 is 15.7 Å². The summed E-state index contributed by atoms with van der Waals surface area (Å²) in [7, 11) is 0. The highest BCUT2D eigenvalue weighted by Gasteiger charge is 2.23. The second-order valence-corrected chi connectivity index (χ2v) is 3.80. The molecule has 1 rings (SSSR count). The van der Waals surface area contributed by atoms with Crippen LogP contribution in [0.4, 0.5) is 0 Å². The highest BCUT2D eigenvalue weighted by molar-refractivity contribution is 5.76. The number of β-amino-alcohol motifs (C(OH)–C–C–N with tert-alkyl or cyclic N) is 1. The second-order valence-electron chi connectivity index (χ2n) is 3.80. The fourth-order valence-corrected chi connectivity index (χ4v) is 1.48. The van der Waals surface area contributed by atoms with Crippen LogP contribution in [0.25, 0.3) is 0 Å². The Morgan fingerprint density at radius 1 is 1.77 bits per heavy atom. The van der Waals surface area contributed by atoms with E-state index in [2.05, 4.69) is 0 Å². The number of nitrogens with zero attached hydrogens (tertiary/aromatic N) is 1. The molecule has 1 aliphatic rings. The summed E-state index contributed by atoms with van der Waals surface area (Å²) in [5, 5.41) is 9.21. The lowest BCUT2D eigenvalue weighted by Gasteiger charge is -2.15. The molecule has 0 aliphatic carbocycles. The lowest BCUT2D eigenvalue weighted by Crippen LogP contribution is -2.30. The van der Waals surface area contributed by atoms with E-state index in [9.17, 15) is 9.90 Å². The third-order valence-corrected chi connectivity index (χ3v) is 2.33. The fraction of sp³-hybridized carbons (Fsp3) is 0.889. The molecule has 2 atom stereocenters. The Morgan fingerprint density at radius 3 is 2.92 bits per heavy atom. The van der Waals surface area contributed by atoms with Crippen molar-refractivity contribution in [2.75, 3.05) is 13.1 Å². The van der Waals surface area contributed by atoms with Crippen LogP contribution in [0.3, 0.4) is 0 Å². The zero-order valence-corrected chi connectivity index (χ0v) is 8.07. The Kier molecular flexibility index (Phi) is 3.69. The van der Waals surface area contributed by atoms with Crippen LogP contribution in [-0.2, 0) is 4.79 Å². The minimum atomic E-state index is -0.320. The number of likely N-dealkylation sites (tertiary alicyclic amines) is 1. The molecule has 1 heterocycles. The summed E-state index contributed by atoms with van der Waals surface area (Å²) >= 11 is 0. The van der Waals surface area contributed by atoms with Gasteiger partial charge in [-0.25, -0.2) is 0 Å². The van der Waals surface area contributed by atoms with E-state index in [1.807, 2.05) is 6.92 Å². The zero-order chi connectivity index (χ0) is 9.84. The van der Waals surface area contributed by atoms with Crippen LogP contribution in [0, 0.1) is 0 Å². The molecule has 0 aromatic carbocycles. The zero-order valence-electron chi connectivity index (χ0n) is 8.07. The molecule has 1 aliphatic heterocycles. The largest absolute Gasteiger partial charge is 0.391 e. The van der Waals surface area contributed by atoms with E-state index in [4.69, 9.17) is 5.73 Å². The predicted octanol–water partition coefficient (Wildman–Crippen LogP) is -0.293. The number of hydrogen-bond acceptors (Lipinski definition) is 3. The van der Waals surface area contributed by atoms with Crippen molar-refractivity contribution in [2.24, 2.45) is 5.73 Å². The number of hydrogen-bond donors (Lipinski definition) is 2. The van der Waals surface area contributed by atoms with Crippen molar-refractivity contribution in [3.63, 3.8) is 0 Å². The molecule has 3 N–H and O–H groups in total. The third-order valence-electron chi connectivity index (χ3n) is 2.33. The maximum Gasteiger partial charge on any atom is 0.222 e. The first-order valence-electron chi connectivity index (χ1n) is 4.81. The second kappa shape index (κ2) is 4.58. The minimum Gasteiger partial charge on any atom is -0.391 e. The van der Waals surface area contributed by atoms with E-state index < -0.39 is 0 Å². The van der Waals surface area contributed by atoms with Crippen LogP contribution >= 0.6 is 0 Å². The van der Waals surface area contributed by atoms with Crippen molar-refractivity contribution < 1.29 is 9.90 Å². The molecule has 4 nitrogen and oxygen atoms in total. The summed E-state index contributed by atoms with van der Waals surface area (Å²) in [5.41, 5.74) is 5.55. The van der Waals surface area contributed by atoms with E-state index in [-0.39, 0.29) is 18.1 Å². The molecule has 0 spiro atoms. The van der Waals surface area contributed by atoms with Crippen molar-refractivity contribution in [1.29, 1.82) is 0 Å². The van der Waals surface area contributed by atoms with Gasteiger partial charge in [-0.1, -0.05) is 0 Å². The maximum absolute atomic E-state index is 11.5.